The molecule has 1 atom stereocenters. The first-order chi connectivity index (χ1) is 13.6. The highest BCUT2D eigenvalue weighted by Gasteiger charge is 2.42. The van der Waals surface area contributed by atoms with Crippen LogP contribution in [0.1, 0.15) is 27.1 Å². The highest BCUT2D eigenvalue weighted by Crippen LogP contribution is 2.29. The predicted octanol–water partition coefficient (Wildman–Crippen LogP) is 3.14. The summed E-state index contributed by atoms with van der Waals surface area (Å²) in [5.41, 5.74) is 0.633. The van der Waals surface area contributed by atoms with Gasteiger partial charge in [0.25, 0.3) is 11.8 Å². The first-order valence-electron chi connectivity index (χ1n) is 8.49. The normalized spacial score (nSPS) is 14.7. The van der Waals surface area contributed by atoms with Gasteiger partial charge in [-0.25, -0.2) is 8.42 Å². The van der Waals surface area contributed by atoms with Gasteiger partial charge in [0, 0.05) is 10.7 Å². The third kappa shape index (κ3) is 4.68. The zero-order valence-corrected chi connectivity index (χ0v) is 18.3. The van der Waals surface area contributed by atoms with Crippen LogP contribution in [0.25, 0.3) is 0 Å². The maximum atomic E-state index is 13.0. The van der Waals surface area contributed by atoms with Gasteiger partial charge in [-0.1, -0.05) is 39.7 Å². The quantitative estimate of drug-likeness (QED) is 0.616. The standard InChI is InChI=1S/C19H16BrClN2O5S/c1-29(27,28)9-8-16(17(24)22-15-7-6-11(20)10-14(15)21)23-18(25)12-4-2-3-5-13(12)19(23)26/h2-7,10,16H,8-9H2,1H3,(H,22,24)/t16-/m1/s1. The van der Waals surface area contributed by atoms with Crippen LogP contribution in [0.15, 0.2) is 46.9 Å². The van der Waals surface area contributed by atoms with Crippen molar-refractivity contribution in [1.82, 2.24) is 4.90 Å². The number of nitrogens with zero attached hydrogens (tertiary/aromatic N) is 1. The zero-order chi connectivity index (χ0) is 21.3. The smallest absolute Gasteiger partial charge is 0.262 e. The van der Waals surface area contributed by atoms with Gasteiger partial charge >= 0.3 is 0 Å². The molecule has 0 radical (unpaired) electrons. The maximum Gasteiger partial charge on any atom is 0.262 e. The van der Waals surface area contributed by atoms with Gasteiger partial charge in [0.1, 0.15) is 15.9 Å². The summed E-state index contributed by atoms with van der Waals surface area (Å²) in [7, 11) is -3.43. The molecule has 7 nitrogen and oxygen atoms in total. The third-order valence-corrected chi connectivity index (χ3v) is 6.17. The number of amides is 3. The number of rotatable bonds is 6. The molecule has 0 saturated heterocycles. The van der Waals surface area contributed by atoms with Crippen molar-refractivity contribution >= 4 is 60.8 Å². The fourth-order valence-electron chi connectivity index (χ4n) is 3.00. The number of sulfone groups is 1. The summed E-state index contributed by atoms with van der Waals surface area (Å²) >= 11 is 9.39. The summed E-state index contributed by atoms with van der Waals surface area (Å²) in [6.07, 6.45) is 0.792. The maximum absolute atomic E-state index is 13.0. The molecule has 2 aromatic rings. The lowest BCUT2D eigenvalue weighted by Gasteiger charge is -2.25. The molecular weight excluding hydrogens is 484 g/mol. The van der Waals surface area contributed by atoms with E-state index < -0.39 is 33.6 Å². The predicted molar refractivity (Wildman–Crippen MR) is 113 cm³/mol. The van der Waals surface area contributed by atoms with Gasteiger partial charge in [0.15, 0.2) is 0 Å². The van der Waals surface area contributed by atoms with Crippen LogP contribution in [-0.4, -0.2) is 49.1 Å². The van der Waals surface area contributed by atoms with E-state index in [2.05, 4.69) is 21.2 Å². The zero-order valence-electron chi connectivity index (χ0n) is 15.2. The largest absolute Gasteiger partial charge is 0.323 e. The van der Waals surface area contributed by atoms with Crippen molar-refractivity contribution in [3.05, 3.63) is 63.1 Å². The van der Waals surface area contributed by atoms with Gasteiger partial charge in [-0.3, -0.25) is 19.3 Å². The minimum atomic E-state index is -3.43. The molecule has 0 aromatic heterocycles. The van der Waals surface area contributed by atoms with E-state index in [9.17, 15) is 22.8 Å². The van der Waals surface area contributed by atoms with Crippen molar-refractivity contribution in [3.8, 4) is 0 Å². The lowest BCUT2D eigenvalue weighted by atomic mass is 10.1. The molecule has 0 saturated carbocycles. The SMILES string of the molecule is CS(=O)(=O)CC[C@H](C(=O)Nc1ccc(Br)cc1Cl)N1C(=O)c2ccccc2C1=O. The number of halogens is 2. The van der Waals surface area contributed by atoms with Crippen molar-refractivity contribution in [3.63, 3.8) is 0 Å². The Balaban J connectivity index is 1.93. The number of benzene rings is 2. The molecule has 3 amide bonds. The van der Waals surface area contributed by atoms with Crippen LogP contribution in [0.4, 0.5) is 5.69 Å². The van der Waals surface area contributed by atoms with E-state index in [0.29, 0.717) is 4.47 Å². The average Bonchev–Trinajstić information content (AvgIpc) is 2.89. The van der Waals surface area contributed by atoms with Crippen LogP contribution in [0.3, 0.4) is 0 Å². The minimum Gasteiger partial charge on any atom is -0.323 e. The first kappa shape index (κ1) is 21.5. The molecule has 29 heavy (non-hydrogen) atoms. The van der Waals surface area contributed by atoms with Crippen LogP contribution in [-0.2, 0) is 14.6 Å². The molecule has 1 aliphatic heterocycles. The van der Waals surface area contributed by atoms with Gasteiger partial charge in [0.2, 0.25) is 5.91 Å². The summed E-state index contributed by atoms with van der Waals surface area (Å²) < 4.78 is 24.0. The fraction of sp³-hybridized carbons (Fsp3) is 0.211. The van der Waals surface area contributed by atoms with Crippen LogP contribution in [0.2, 0.25) is 5.02 Å². The Hall–Kier alpha value is -2.23. The van der Waals surface area contributed by atoms with Crippen LogP contribution in [0, 0.1) is 0 Å². The Morgan fingerprint density at radius 3 is 2.24 bits per heavy atom. The lowest BCUT2D eigenvalue weighted by Crippen LogP contribution is -2.48. The molecule has 1 aliphatic rings. The Bertz CT molecular complexity index is 1080. The molecule has 1 heterocycles. The topological polar surface area (TPSA) is 101 Å². The van der Waals surface area contributed by atoms with Gasteiger partial charge < -0.3 is 5.32 Å². The van der Waals surface area contributed by atoms with E-state index >= 15 is 0 Å². The summed E-state index contributed by atoms with van der Waals surface area (Å²) in [6.45, 7) is 0. The highest BCUT2D eigenvalue weighted by atomic mass is 79.9. The lowest BCUT2D eigenvalue weighted by molar-refractivity contribution is -0.120. The van der Waals surface area contributed by atoms with E-state index in [4.69, 9.17) is 11.6 Å². The molecule has 152 valence electrons. The number of hydrogen-bond donors (Lipinski definition) is 1. The minimum absolute atomic E-state index is 0.177. The summed E-state index contributed by atoms with van der Waals surface area (Å²) in [6, 6.07) is 9.69. The molecule has 0 unspecified atom stereocenters. The number of fused-ring (bicyclic) bond motifs is 1. The molecule has 0 bridgehead atoms. The van der Waals surface area contributed by atoms with E-state index in [0.717, 1.165) is 11.2 Å². The number of anilines is 1. The van der Waals surface area contributed by atoms with Crippen molar-refractivity contribution < 1.29 is 22.8 Å². The number of carbonyl (C=O) groups excluding carboxylic acids is 3. The second kappa shape index (κ2) is 8.25. The monoisotopic (exact) mass is 498 g/mol. The van der Waals surface area contributed by atoms with Crippen molar-refractivity contribution in [2.24, 2.45) is 0 Å². The van der Waals surface area contributed by atoms with Crippen LogP contribution < -0.4 is 5.32 Å². The van der Waals surface area contributed by atoms with Crippen LogP contribution in [0.5, 0.6) is 0 Å². The number of imide groups is 1. The molecule has 0 fully saturated rings. The second-order valence-electron chi connectivity index (χ2n) is 6.57. The Labute approximate surface area is 181 Å². The van der Waals surface area contributed by atoms with E-state index in [1.54, 1.807) is 30.3 Å². The summed E-state index contributed by atoms with van der Waals surface area (Å²) in [5.74, 6) is -2.35. The molecule has 2 aromatic carbocycles. The number of nitrogens with one attached hydrogen (secondary N) is 1. The van der Waals surface area contributed by atoms with E-state index in [1.165, 1.54) is 12.1 Å². The Morgan fingerprint density at radius 1 is 1.14 bits per heavy atom. The molecule has 1 N–H and O–H groups in total. The van der Waals surface area contributed by atoms with Gasteiger partial charge in [-0.15, -0.1) is 0 Å². The van der Waals surface area contributed by atoms with Gasteiger partial charge in [-0.2, -0.15) is 0 Å². The highest BCUT2D eigenvalue weighted by molar-refractivity contribution is 9.10. The van der Waals surface area contributed by atoms with E-state index in [-0.39, 0.29) is 34.0 Å². The van der Waals surface area contributed by atoms with Crippen LogP contribution >= 0.6 is 27.5 Å². The average molecular weight is 500 g/mol. The first-order valence-corrected chi connectivity index (χ1v) is 11.7. The van der Waals surface area contributed by atoms with Crippen molar-refractivity contribution in [2.45, 2.75) is 12.5 Å². The number of hydrogen-bond acceptors (Lipinski definition) is 5. The van der Waals surface area contributed by atoms with Crippen molar-refractivity contribution in [2.75, 3.05) is 17.3 Å². The van der Waals surface area contributed by atoms with Crippen molar-refractivity contribution in [1.29, 1.82) is 0 Å². The summed E-state index contributed by atoms with van der Waals surface area (Å²) in [5, 5.41) is 2.83. The molecule has 3 rings (SSSR count). The molecule has 10 heteroatoms. The summed E-state index contributed by atoms with van der Waals surface area (Å²) in [4.78, 5) is 39.4. The Kier molecular flexibility index (Phi) is 6.11. The molecule has 0 spiro atoms. The van der Waals surface area contributed by atoms with E-state index in [1.807, 2.05) is 0 Å². The van der Waals surface area contributed by atoms with Gasteiger partial charge in [-0.05, 0) is 36.8 Å². The number of carbonyl (C=O) groups is 3. The molecule has 0 aliphatic carbocycles. The third-order valence-electron chi connectivity index (χ3n) is 4.39. The molecular formula is C19H16BrClN2O5S. The fourth-order valence-corrected chi connectivity index (χ4v) is 4.37. The second-order valence-corrected chi connectivity index (χ2v) is 10.2. The van der Waals surface area contributed by atoms with Gasteiger partial charge in [0.05, 0.1) is 27.6 Å². The Morgan fingerprint density at radius 2 is 1.72 bits per heavy atom.